The minimum Gasteiger partial charge on any atom is -0.207 e. The summed E-state index contributed by atoms with van der Waals surface area (Å²) in [5.41, 5.74) is 2.49. The molecule has 0 saturated carbocycles. The number of piperazine rings is 1. The zero-order valence-corrected chi connectivity index (χ0v) is 17.2. The van der Waals surface area contributed by atoms with E-state index in [9.17, 15) is 16.8 Å². The lowest BCUT2D eigenvalue weighted by molar-refractivity contribution is 0.259. The van der Waals surface area contributed by atoms with Gasteiger partial charge in [-0.05, 0) is 44.7 Å². The molecule has 3 rings (SSSR count). The largest absolute Gasteiger partial charge is 0.282 e. The average molecular weight is 402 g/mol. The summed E-state index contributed by atoms with van der Waals surface area (Å²) >= 11 is 0. The van der Waals surface area contributed by atoms with Gasteiger partial charge in [0.05, 0.1) is 4.90 Å². The van der Waals surface area contributed by atoms with Crippen LogP contribution in [0.1, 0.15) is 29.5 Å². The van der Waals surface area contributed by atoms with E-state index in [1.807, 2.05) is 19.1 Å². The van der Waals surface area contributed by atoms with Crippen LogP contribution in [0.25, 0.3) is 0 Å². The second kappa shape index (κ2) is 7.20. The van der Waals surface area contributed by atoms with E-state index >= 15 is 0 Å². The highest BCUT2D eigenvalue weighted by Gasteiger charge is 2.37. The Morgan fingerprint density at radius 3 is 1.62 bits per heavy atom. The minimum atomic E-state index is -3.63. The Kier molecular flexibility index (Phi) is 5.47. The van der Waals surface area contributed by atoms with Gasteiger partial charge in [-0.1, -0.05) is 17.7 Å². The normalized spacial score (nSPS) is 21.3. The highest BCUT2D eigenvalue weighted by Crippen LogP contribution is 2.27. The van der Waals surface area contributed by atoms with Crippen LogP contribution in [0, 0.1) is 20.8 Å². The van der Waals surface area contributed by atoms with E-state index < -0.39 is 20.2 Å². The first-order valence-electron chi connectivity index (χ1n) is 8.97. The number of nitrogens with zero attached hydrogens (tertiary/aromatic N) is 3. The predicted molar refractivity (Wildman–Crippen MR) is 101 cm³/mol. The first kappa shape index (κ1) is 19.8. The fourth-order valence-electron chi connectivity index (χ4n) is 3.93. The van der Waals surface area contributed by atoms with Gasteiger partial charge in [-0.3, -0.25) is 0 Å². The predicted octanol–water partition coefficient (Wildman–Crippen LogP) is 1.26. The van der Waals surface area contributed by atoms with Crippen molar-refractivity contribution in [3.05, 3.63) is 28.8 Å². The Hall–Kier alpha value is -1.00. The Morgan fingerprint density at radius 1 is 0.692 bits per heavy atom. The summed E-state index contributed by atoms with van der Waals surface area (Å²) in [5.74, 6) is 0. The van der Waals surface area contributed by atoms with Gasteiger partial charge in [0.25, 0.3) is 10.2 Å². The van der Waals surface area contributed by atoms with Crippen LogP contribution < -0.4 is 0 Å². The molecule has 9 heteroatoms. The van der Waals surface area contributed by atoms with Crippen molar-refractivity contribution >= 4 is 20.2 Å². The fourth-order valence-corrected chi connectivity index (χ4v) is 7.43. The molecule has 0 unspecified atom stereocenters. The molecular weight excluding hydrogens is 374 g/mol. The number of rotatable bonds is 4. The van der Waals surface area contributed by atoms with E-state index in [-0.39, 0.29) is 26.2 Å². The van der Waals surface area contributed by atoms with Crippen molar-refractivity contribution in [2.75, 3.05) is 39.3 Å². The van der Waals surface area contributed by atoms with Gasteiger partial charge >= 0.3 is 0 Å². The van der Waals surface area contributed by atoms with Crippen molar-refractivity contribution in [3.63, 3.8) is 0 Å². The minimum absolute atomic E-state index is 0.183. The Bertz CT molecular complexity index is 860. The molecule has 2 aliphatic heterocycles. The van der Waals surface area contributed by atoms with Crippen molar-refractivity contribution in [3.8, 4) is 0 Å². The number of benzene rings is 1. The third-order valence-corrected chi connectivity index (χ3v) is 9.36. The Balaban J connectivity index is 1.77. The standard InChI is InChI=1S/C17H27N3O4S2/c1-14-12-15(2)17(16(3)13-14)25(21,22)18-8-10-20(11-9-18)26(23,24)19-6-4-5-7-19/h12-13H,4-11H2,1-3H3. The van der Waals surface area contributed by atoms with Gasteiger partial charge < -0.3 is 0 Å². The maximum Gasteiger partial charge on any atom is 0.282 e. The van der Waals surface area contributed by atoms with Crippen molar-refractivity contribution in [2.45, 2.75) is 38.5 Å². The molecule has 146 valence electrons. The van der Waals surface area contributed by atoms with Crippen LogP contribution in [-0.4, -0.2) is 69.0 Å². The van der Waals surface area contributed by atoms with Gasteiger partial charge in [0.2, 0.25) is 10.0 Å². The van der Waals surface area contributed by atoms with Crippen LogP contribution in [0.3, 0.4) is 0 Å². The molecule has 0 atom stereocenters. The van der Waals surface area contributed by atoms with E-state index in [2.05, 4.69) is 0 Å². The summed E-state index contributed by atoms with van der Waals surface area (Å²) in [6, 6.07) is 3.74. The first-order valence-corrected chi connectivity index (χ1v) is 11.8. The molecule has 0 radical (unpaired) electrons. The van der Waals surface area contributed by atoms with Gasteiger partial charge in [0.1, 0.15) is 0 Å². The van der Waals surface area contributed by atoms with E-state index in [4.69, 9.17) is 0 Å². The molecule has 2 fully saturated rings. The number of hydrogen-bond donors (Lipinski definition) is 0. The van der Waals surface area contributed by atoms with Crippen LogP contribution in [0.2, 0.25) is 0 Å². The highest BCUT2D eigenvalue weighted by molar-refractivity contribution is 7.89. The average Bonchev–Trinajstić information content (AvgIpc) is 3.09. The van der Waals surface area contributed by atoms with Crippen LogP contribution in [-0.2, 0) is 20.2 Å². The molecular formula is C17H27N3O4S2. The lowest BCUT2D eigenvalue weighted by Crippen LogP contribution is -2.53. The van der Waals surface area contributed by atoms with Gasteiger partial charge in [-0.2, -0.15) is 21.3 Å². The topological polar surface area (TPSA) is 78.0 Å². The van der Waals surface area contributed by atoms with E-state index in [0.717, 1.165) is 29.5 Å². The van der Waals surface area contributed by atoms with Gasteiger partial charge in [-0.25, -0.2) is 8.42 Å². The van der Waals surface area contributed by atoms with Crippen LogP contribution in [0.4, 0.5) is 0 Å². The maximum atomic E-state index is 13.1. The Labute approximate surface area is 156 Å². The molecule has 0 aliphatic carbocycles. The van der Waals surface area contributed by atoms with E-state index in [1.165, 1.54) is 12.9 Å². The molecule has 0 spiro atoms. The second-order valence-corrected chi connectivity index (χ2v) is 10.9. The van der Waals surface area contributed by atoms with Crippen LogP contribution in [0.15, 0.2) is 17.0 Å². The summed E-state index contributed by atoms with van der Waals surface area (Å²) < 4.78 is 55.8. The molecule has 0 N–H and O–H groups in total. The monoisotopic (exact) mass is 401 g/mol. The quantitative estimate of drug-likeness (QED) is 0.761. The van der Waals surface area contributed by atoms with Gasteiger partial charge in [0.15, 0.2) is 0 Å². The van der Waals surface area contributed by atoms with Crippen molar-refractivity contribution in [2.24, 2.45) is 0 Å². The SMILES string of the molecule is Cc1cc(C)c(S(=O)(=O)N2CCN(S(=O)(=O)N3CCCC3)CC2)c(C)c1. The zero-order chi connectivity index (χ0) is 19.1. The van der Waals surface area contributed by atoms with Crippen LogP contribution >= 0.6 is 0 Å². The van der Waals surface area contributed by atoms with Gasteiger partial charge in [0, 0.05) is 39.3 Å². The number of hydrogen-bond acceptors (Lipinski definition) is 4. The summed E-state index contributed by atoms with van der Waals surface area (Å²) in [6.45, 7) is 7.43. The summed E-state index contributed by atoms with van der Waals surface area (Å²) in [4.78, 5) is 0.346. The third kappa shape index (κ3) is 3.55. The molecule has 2 heterocycles. The van der Waals surface area contributed by atoms with Crippen molar-refractivity contribution < 1.29 is 16.8 Å². The maximum absolute atomic E-state index is 13.1. The zero-order valence-electron chi connectivity index (χ0n) is 15.6. The Morgan fingerprint density at radius 2 is 1.12 bits per heavy atom. The third-order valence-electron chi connectivity index (χ3n) is 5.12. The number of aryl methyl sites for hydroxylation is 3. The van der Waals surface area contributed by atoms with Gasteiger partial charge in [-0.15, -0.1) is 0 Å². The van der Waals surface area contributed by atoms with E-state index in [0.29, 0.717) is 18.0 Å². The molecule has 0 amide bonds. The van der Waals surface area contributed by atoms with Crippen molar-refractivity contribution in [1.29, 1.82) is 0 Å². The summed E-state index contributed by atoms with van der Waals surface area (Å²) in [7, 11) is -7.10. The van der Waals surface area contributed by atoms with Crippen LogP contribution in [0.5, 0.6) is 0 Å². The fraction of sp³-hybridized carbons (Fsp3) is 0.647. The highest BCUT2D eigenvalue weighted by atomic mass is 32.2. The smallest absolute Gasteiger partial charge is 0.207 e. The molecule has 26 heavy (non-hydrogen) atoms. The second-order valence-electron chi connectivity index (χ2n) is 7.14. The molecule has 7 nitrogen and oxygen atoms in total. The molecule has 2 aliphatic rings. The van der Waals surface area contributed by atoms with Crippen molar-refractivity contribution in [1.82, 2.24) is 12.9 Å². The summed E-state index contributed by atoms with van der Waals surface area (Å²) in [5, 5.41) is 0. The molecule has 1 aromatic rings. The molecule has 0 bridgehead atoms. The van der Waals surface area contributed by atoms with E-state index in [1.54, 1.807) is 13.8 Å². The summed E-state index contributed by atoms with van der Waals surface area (Å²) in [6.07, 6.45) is 1.78. The molecule has 1 aromatic carbocycles. The molecule has 0 aromatic heterocycles. The molecule has 2 saturated heterocycles. The number of sulfonamides is 1. The lowest BCUT2D eigenvalue weighted by Gasteiger charge is -2.35. The lowest BCUT2D eigenvalue weighted by atomic mass is 10.1. The first-order chi connectivity index (χ1) is 12.1.